The molecular formula is C18H21FN2O3. The van der Waals surface area contributed by atoms with Crippen LogP contribution in [-0.2, 0) is 0 Å². The van der Waals surface area contributed by atoms with Gasteiger partial charge >= 0.3 is 6.03 Å². The number of amides is 2. The number of rotatable bonds is 7. The van der Waals surface area contributed by atoms with Gasteiger partial charge in [-0.2, -0.15) is 0 Å². The minimum atomic E-state index is -0.894. The van der Waals surface area contributed by atoms with Gasteiger partial charge in [-0.1, -0.05) is 30.3 Å². The summed E-state index contributed by atoms with van der Waals surface area (Å²) in [5.41, 5.74) is 0.539. The minimum Gasteiger partial charge on any atom is -0.489 e. The zero-order valence-corrected chi connectivity index (χ0v) is 13.4. The average molecular weight is 332 g/mol. The Hall–Kier alpha value is -2.60. The number of carbonyl (C=O) groups excluding carboxylic acids is 1. The zero-order valence-electron chi connectivity index (χ0n) is 13.4. The van der Waals surface area contributed by atoms with Crippen LogP contribution < -0.4 is 15.4 Å². The summed E-state index contributed by atoms with van der Waals surface area (Å²) in [7, 11) is 0. The number of benzene rings is 2. The maximum absolute atomic E-state index is 12.8. The molecule has 0 aliphatic rings. The second kappa shape index (κ2) is 8.88. The van der Waals surface area contributed by atoms with Crippen LogP contribution in [-0.4, -0.2) is 30.3 Å². The molecule has 0 aliphatic heterocycles. The highest BCUT2D eigenvalue weighted by Crippen LogP contribution is 2.12. The van der Waals surface area contributed by atoms with Gasteiger partial charge in [0.1, 0.15) is 17.7 Å². The molecule has 0 radical (unpaired) electrons. The van der Waals surface area contributed by atoms with Crippen LogP contribution in [0.25, 0.3) is 0 Å². The van der Waals surface area contributed by atoms with Gasteiger partial charge < -0.3 is 20.5 Å². The van der Waals surface area contributed by atoms with E-state index in [1.807, 2.05) is 37.3 Å². The number of urea groups is 1. The first-order chi connectivity index (χ1) is 11.5. The van der Waals surface area contributed by atoms with Crippen LogP contribution in [0.3, 0.4) is 0 Å². The van der Waals surface area contributed by atoms with Crippen LogP contribution in [0.4, 0.5) is 9.18 Å². The molecule has 2 aromatic carbocycles. The van der Waals surface area contributed by atoms with Crippen LogP contribution in [0.15, 0.2) is 54.6 Å². The van der Waals surface area contributed by atoms with E-state index >= 15 is 0 Å². The standard InChI is InChI=1S/C18H21FN2O3/c1-13(24-16-5-3-2-4-6-16)11-20-18(23)21-12-17(22)14-7-9-15(19)10-8-14/h2-10,13,17,22H,11-12H2,1H3,(H2,20,21,23). The summed E-state index contributed by atoms with van der Waals surface area (Å²) in [4.78, 5) is 11.7. The van der Waals surface area contributed by atoms with Gasteiger partial charge in [0.2, 0.25) is 0 Å². The number of aliphatic hydroxyl groups excluding tert-OH is 1. The van der Waals surface area contributed by atoms with Crippen molar-refractivity contribution >= 4 is 6.03 Å². The topological polar surface area (TPSA) is 70.6 Å². The molecule has 5 nitrogen and oxygen atoms in total. The smallest absolute Gasteiger partial charge is 0.315 e. The Balaban J connectivity index is 1.68. The van der Waals surface area contributed by atoms with Gasteiger partial charge in [0.25, 0.3) is 0 Å². The fraction of sp³-hybridized carbons (Fsp3) is 0.278. The lowest BCUT2D eigenvalue weighted by molar-refractivity contribution is 0.171. The molecule has 0 aliphatic carbocycles. The lowest BCUT2D eigenvalue weighted by Gasteiger charge is -2.17. The highest BCUT2D eigenvalue weighted by Gasteiger charge is 2.11. The van der Waals surface area contributed by atoms with E-state index in [0.717, 1.165) is 5.75 Å². The molecule has 2 atom stereocenters. The summed E-state index contributed by atoms with van der Waals surface area (Å²) < 4.78 is 18.5. The van der Waals surface area contributed by atoms with E-state index in [2.05, 4.69) is 10.6 Å². The van der Waals surface area contributed by atoms with E-state index in [9.17, 15) is 14.3 Å². The summed E-state index contributed by atoms with van der Waals surface area (Å²) >= 11 is 0. The molecule has 2 unspecified atom stereocenters. The molecule has 0 saturated carbocycles. The van der Waals surface area contributed by atoms with Gasteiger partial charge in [0.05, 0.1) is 12.6 Å². The Labute approximate surface area is 140 Å². The van der Waals surface area contributed by atoms with Crippen LogP contribution in [0.2, 0.25) is 0 Å². The Morgan fingerprint density at radius 1 is 1.08 bits per heavy atom. The third kappa shape index (κ3) is 5.89. The molecule has 0 saturated heterocycles. The lowest BCUT2D eigenvalue weighted by atomic mass is 10.1. The summed E-state index contributed by atoms with van der Waals surface area (Å²) in [6.07, 6.45) is -1.09. The fourth-order valence-electron chi connectivity index (χ4n) is 2.06. The zero-order chi connectivity index (χ0) is 17.4. The Kier molecular flexibility index (Phi) is 6.57. The van der Waals surface area contributed by atoms with Crippen molar-refractivity contribution in [2.24, 2.45) is 0 Å². The number of hydrogen-bond donors (Lipinski definition) is 3. The summed E-state index contributed by atoms with van der Waals surface area (Å²) in [5, 5.41) is 15.2. The molecule has 128 valence electrons. The first kappa shape index (κ1) is 17.7. The van der Waals surface area contributed by atoms with Crippen molar-refractivity contribution < 1.29 is 19.0 Å². The number of para-hydroxylation sites is 1. The van der Waals surface area contributed by atoms with Crippen molar-refractivity contribution in [1.29, 1.82) is 0 Å². The van der Waals surface area contributed by atoms with Gasteiger partial charge in [-0.25, -0.2) is 9.18 Å². The van der Waals surface area contributed by atoms with Gasteiger partial charge in [-0.3, -0.25) is 0 Å². The minimum absolute atomic E-state index is 0.0331. The van der Waals surface area contributed by atoms with Crippen LogP contribution >= 0.6 is 0 Å². The molecule has 2 rings (SSSR count). The third-order valence-electron chi connectivity index (χ3n) is 3.34. The molecule has 2 amide bonds. The molecule has 0 aromatic heterocycles. The first-order valence-electron chi connectivity index (χ1n) is 7.71. The summed E-state index contributed by atoms with van der Waals surface area (Å²) in [5.74, 6) is 0.364. The van der Waals surface area contributed by atoms with Gasteiger partial charge in [-0.15, -0.1) is 0 Å². The molecule has 24 heavy (non-hydrogen) atoms. The van der Waals surface area contributed by atoms with Crippen molar-refractivity contribution in [3.63, 3.8) is 0 Å². The number of nitrogens with one attached hydrogen (secondary N) is 2. The number of aliphatic hydroxyl groups is 1. The normalized spacial score (nSPS) is 13.0. The van der Waals surface area contributed by atoms with E-state index < -0.39 is 12.1 Å². The van der Waals surface area contributed by atoms with Crippen LogP contribution in [0.1, 0.15) is 18.6 Å². The van der Waals surface area contributed by atoms with Crippen molar-refractivity contribution in [3.8, 4) is 5.75 Å². The number of halogens is 1. The predicted molar refractivity (Wildman–Crippen MR) is 89.3 cm³/mol. The monoisotopic (exact) mass is 332 g/mol. The van der Waals surface area contributed by atoms with E-state index in [4.69, 9.17) is 4.74 Å². The predicted octanol–water partition coefficient (Wildman–Crippen LogP) is 2.63. The van der Waals surface area contributed by atoms with E-state index in [1.165, 1.54) is 24.3 Å². The van der Waals surface area contributed by atoms with E-state index in [1.54, 1.807) is 0 Å². The highest BCUT2D eigenvalue weighted by molar-refractivity contribution is 5.73. The second-order valence-electron chi connectivity index (χ2n) is 5.40. The molecular weight excluding hydrogens is 311 g/mol. The molecule has 3 N–H and O–H groups in total. The largest absolute Gasteiger partial charge is 0.489 e. The number of ether oxygens (including phenoxy) is 1. The van der Waals surface area contributed by atoms with Gasteiger partial charge in [-0.05, 0) is 36.8 Å². The van der Waals surface area contributed by atoms with Gasteiger partial charge in [0.15, 0.2) is 0 Å². The molecule has 0 bridgehead atoms. The van der Waals surface area contributed by atoms with Crippen LogP contribution in [0.5, 0.6) is 5.75 Å². The number of hydrogen-bond acceptors (Lipinski definition) is 3. The Bertz CT molecular complexity index is 634. The highest BCUT2D eigenvalue weighted by atomic mass is 19.1. The fourth-order valence-corrected chi connectivity index (χ4v) is 2.06. The lowest BCUT2D eigenvalue weighted by Crippen LogP contribution is -2.41. The SMILES string of the molecule is CC(CNC(=O)NCC(O)c1ccc(F)cc1)Oc1ccccc1. The van der Waals surface area contributed by atoms with Crippen molar-refractivity contribution in [2.75, 3.05) is 13.1 Å². The maximum Gasteiger partial charge on any atom is 0.315 e. The van der Waals surface area contributed by atoms with Crippen molar-refractivity contribution in [1.82, 2.24) is 10.6 Å². The van der Waals surface area contributed by atoms with E-state index in [0.29, 0.717) is 12.1 Å². The summed E-state index contributed by atoms with van der Waals surface area (Å²) in [6, 6.07) is 14.4. The third-order valence-corrected chi connectivity index (χ3v) is 3.34. The molecule has 0 spiro atoms. The molecule has 0 heterocycles. The summed E-state index contributed by atoms with van der Waals surface area (Å²) in [6.45, 7) is 2.21. The van der Waals surface area contributed by atoms with E-state index in [-0.39, 0.29) is 18.5 Å². The van der Waals surface area contributed by atoms with Crippen molar-refractivity contribution in [3.05, 3.63) is 66.0 Å². The van der Waals surface area contributed by atoms with Crippen LogP contribution in [0, 0.1) is 5.82 Å². The molecule has 0 fully saturated rings. The average Bonchev–Trinajstić information content (AvgIpc) is 2.59. The maximum atomic E-state index is 12.8. The Morgan fingerprint density at radius 3 is 2.38 bits per heavy atom. The molecule has 2 aromatic rings. The second-order valence-corrected chi connectivity index (χ2v) is 5.40. The van der Waals surface area contributed by atoms with Gasteiger partial charge in [0, 0.05) is 6.54 Å². The number of carbonyl (C=O) groups is 1. The first-order valence-corrected chi connectivity index (χ1v) is 7.71. The molecule has 6 heteroatoms. The van der Waals surface area contributed by atoms with Crippen molar-refractivity contribution in [2.45, 2.75) is 19.1 Å². The Morgan fingerprint density at radius 2 is 1.71 bits per heavy atom. The quantitative estimate of drug-likeness (QED) is 0.730.